The summed E-state index contributed by atoms with van der Waals surface area (Å²) >= 11 is 1.16. The Kier molecular flexibility index (Phi) is 2.94. The van der Waals surface area contributed by atoms with Crippen molar-refractivity contribution in [1.82, 2.24) is 4.98 Å². The molecule has 1 rings (SSSR count). The summed E-state index contributed by atoms with van der Waals surface area (Å²) in [6, 6.07) is 1.83. The molecule has 1 heterocycles. The summed E-state index contributed by atoms with van der Waals surface area (Å²) in [6.45, 7) is 4.12. The third-order valence-corrected chi connectivity index (χ3v) is 2.26. The van der Waals surface area contributed by atoms with Crippen LogP contribution in [-0.2, 0) is 0 Å². The molecular formula is C8H13N3S. The number of nitrogens with two attached hydrogens (primary N) is 2. The second-order valence-electron chi connectivity index (χ2n) is 2.88. The molecule has 0 radical (unpaired) electrons. The third kappa shape index (κ3) is 1.70. The normalized spacial score (nSPS) is 10.7. The first-order valence-corrected chi connectivity index (χ1v) is 4.66. The van der Waals surface area contributed by atoms with Crippen LogP contribution in [0.5, 0.6) is 0 Å². The van der Waals surface area contributed by atoms with Gasteiger partial charge in [-0.25, -0.2) is 0 Å². The minimum atomic E-state index is 0.345. The summed E-state index contributed by atoms with van der Waals surface area (Å²) < 4.78 is 0. The van der Waals surface area contributed by atoms with Crippen molar-refractivity contribution in [2.75, 3.05) is 5.73 Å². The van der Waals surface area contributed by atoms with Gasteiger partial charge in [0, 0.05) is 11.1 Å². The third-order valence-electron chi connectivity index (χ3n) is 1.65. The van der Waals surface area contributed by atoms with Crippen molar-refractivity contribution < 1.29 is 0 Å². The first kappa shape index (κ1) is 9.35. The van der Waals surface area contributed by atoms with E-state index >= 15 is 0 Å². The van der Waals surface area contributed by atoms with E-state index in [0.29, 0.717) is 11.6 Å². The summed E-state index contributed by atoms with van der Waals surface area (Å²) in [5.74, 6) is 0.345. The van der Waals surface area contributed by atoms with Gasteiger partial charge in [-0.05, 0) is 23.9 Å². The van der Waals surface area contributed by atoms with Crippen molar-refractivity contribution in [3.05, 3.63) is 18.0 Å². The predicted molar refractivity (Wildman–Crippen MR) is 52.8 cm³/mol. The molecule has 3 nitrogen and oxygen atoms in total. The number of nitrogens with zero attached hydrogens (tertiary/aromatic N) is 1. The van der Waals surface area contributed by atoms with Crippen molar-refractivity contribution in [2.24, 2.45) is 5.14 Å². The molecule has 4 N–H and O–H groups in total. The van der Waals surface area contributed by atoms with Crippen LogP contribution in [0.15, 0.2) is 17.2 Å². The Morgan fingerprint density at radius 2 is 2.17 bits per heavy atom. The van der Waals surface area contributed by atoms with Gasteiger partial charge in [-0.1, -0.05) is 13.8 Å². The second-order valence-corrected chi connectivity index (χ2v) is 3.56. The van der Waals surface area contributed by atoms with E-state index in [2.05, 4.69) is 18.8 Å². The molecule has 1 aromatic heterocycles. The van der Waals surface area contributed by atoms with Crippen LogP contribution < -0.4 is 10.9 Å². The van der Waals surface area contributed by atoms with Crippen molar-refractivity contribution in [3.63, 3.8) is 0 Å². The highest BCUT2D eigenvalue weighted by Gasteiger charge is 2.08. The molecule has 0 aliphatic heterocycles. The predicted octanol–water partition coefficient (Wildman–Crippen LogP) is 1.75. The van der Waals surface area contributed by atoms with Gasteiger partial charge < -0.3 is 5.73 Å². The molecule has 0 unspecified atom stereocenters. The van der Waals surface area contributed by atoms with E-state index in [-0.39, 0.29) is 0 Å². The van der Waals surface area contributed by atoms with E-state index in [1.54, 1.807) is 6.20 Å². The van der Waals surface area contributed by atoms with E-state index in [0.717, 1.165) is 22.5 Å². The van der Waals surface area contributed by atoms with Crippen LogP contribution in [0.4, 0.5) is 5.69 Å². The summed E-state index contributed by atoms with van der Waals surface area (Å²) in [4.78, 5) is 5.09. The van der Waals surface area contributed by atoms with Crippen LogP contribution in [0.3, 0.4) is 0 Å². The Balaban J connectivity index is 3.14. The summed E-state index contributed by atoms with van der Waals surface area (Å²) in [6.07, 6.45) is 1.74. The first-order chi connectivity index (χ1) is 5.66. The fourth-order valence-corrected chi connectivity index (χ4v) is 1.40. The molecule has 0 aliphatic carbocycles. The fourth-order valence-electron chi connectivity index (χ4n) is 1.03. The smallest absolute Gasteiger partial charge is 0.0687 e. The van der Waals surface area contributed by atoms with Crippen LogP contribution in [0.25, 0.3) is 0 Å². The van der Waals surface area contributed by atoms with Gasteiger partial charge in [-0.2, -0.15) is 0 Å². The Bertz CT molecular complexity index is 273. The summed E-state index contributed by atoms with van der Waals surface area (Å²) in [5, 5.41) is 5.43. The van der Waals surface area contributed by atoms with Crippen molar-refractivity contribution in [1.29, 1.82) is 0 Å². The Morgan fingerprint density at radius 3 is 2.67 bits per heavy atom. The van der Waals surface area contributed by atoms with Gasteiger partial charge in [0.25, 0.3) is 0 Å². The highest BCUT2D eigenvalue weighted by Crippen LogP contribution is 2.26. The molecular weight excluding hydrogens is 170 g/mol. The first-order valence-electron chi connectivity index (χ1n) is 3.78. The number of anilines is 1. The van der Waals surface area contributed by atoms with E-state index in [1.165, 1.54) is 0 Å². The van der Waals surface area contributed by atoms with Gasteiger partial charge in [0.05, 0.1) is 11.4 Å². The molecule has 0 aliphatic rings. The van der Waals surface area contributed by atoms with Gasteiger partial charge in [0.2, 0.25) is 0 Å². The van der Waals surface area contributed by atoms with Gasteiger partial charge in [-0.3, -0.25) is 10.1 Å². The Hall–Kier alpha value is -0.740. The number of hydrogen-bond donors (Lipinski definition) is 2. The zero-order valence-electron chi connectivity index (χ0n) is 7.24. The van der Waals surface area contributed by atoms with Gasteiger partial charge in [0.1, 0.15) is 0 Å². The monoisotopic (exact) mass is 183 g/mol. The van der Waals surface area contributed by atoms with Gasteiger partial charge >= 0.3 is 0 Å². The molecule has 1 aromatic rings. The fraction of sp³-hybridized carbons (Fsp3) is 0.375. The Labute approximate surface area is 76.7 Å². The maximum absolute atomic E-state index is 5.83. The zero-order valence-corrected chi connectivity index (χ0v) is 8.06. The highest BCUT2D eigenvalue weighted by atomic mass is 32.2. The summed E-state index contributed by atoms with van der Waals surface area (Å²) in [5.41, 5.74) is 7.46. The molecule has 0 saturated carbocycles. The maximum Gasteiger partial charge on any atom is 0.0687 e. The molecule has 0 saturated heterocycles. The average molecular weight is 183 g/mol. The topological polar surface area (TPSA) is 64.9 Å². The van der Waals surface area contributed by atoms with Crippen LogP contribution >= 0.6 is 11.9 Å². The molecule has 12 heavy (non-hydrogen) atoms. The molecule has 4 heteroatoms. The second kappa shape index (κ2) is 3.78. The van der Waals surface area contributed by atoms with Crippen LogP contribution in [0.2, 0.25) is 0 Å². The van der Waals surface area contributed by atoms with Crippen molar-refractivity contribution >= 4 is 17.6 Å². The minimum absolute atomic E-state index is 0.345. The quantitative estimate of drug-likeness (QED) is 0.686. The number of aromatic nitrogens is 1. The van der Waals surface area contributed by atoms with E-state index in [9.17, 15) is 0 Å². The maximum atomic E-state index is 5.83. The van der Waals surface area contributed by atoms with E-state index in [1.807, 2.05) is 6.07 Å². The van der Waals surface area contributed by atoms with Gasteiger partial charge in [0.15, 0.2) is 0 Å². The lowest BCUT2D eigenvalue weighted by molar-refractivity contribution is 0.822. The molecule has 0 bridgehead atoms. The lowest BCUT2D eigenvalue weighted by Crippen LogP contribution is -2.01. The number of pyridine rings is 1. The molecule has 0 spiro atoms. The van der Waals surface area contributed by atoms with E-state index < -0.39 is 0 Å². The number of hydrogen-bond acceptors (Lipinski definition) is 4. The number of nitrogen functional groups attached to an aromatic ring is 1. The number of rotatable bonds is 2. The van der Waals surface area contributed by atoms with Crippen LogP contribution in [0, 0.1) is 0 Å². The SMILES string of the molecule is CC(C)c1nccc(SN)c1N. The zero-order chi connectivity index (χ0) is 9.14. The Morgan fingerprint density at radius 1 is 1.50 bits per heavy atom. The average Bonchev–Trinajstić information content (AvgIpc) is 2.04. The minimum Gasteiger partial charge on any atom is -0.396 e. The standard InChI is InChI=1S/C8H13N3S/c1-5(2)8-7(9)6(12-10)3-4-11-8/h3-5H,9-10H2,1-2H3. The van der Waals surface area contributed by atoms with Crippen molar-refractivity contribution in [3.8, 4) is 0 Å². The van der Waals surface area contributed by atoms with E-state index in [4.69, 9.17) is 10.9 Å². The highest BCUT2D eigenvalue weighted by molar-refractivity contribution is 7.97. The van der Waals surface area contributed by atoms with Crippen LogP contribution in [0.1, 0.15) is 25.5 Å². The molecule has 0 fully saturated rings. The molecule has 66 valence electrons. The molecule has 0 amide bonds. The molecule has 0 aromatic carbocycles. The lowest BCUT2D eigenvalue weighted by atomic mass is 10.1. The summed E-state index contributed by atoms with van der Waals surface area (Å²) in [7, 11) is 0. The lowest BCUT2D eigenvalue weighted by Gasteiger charge is -2.09. The van der Waals surface area contributed by atoms with Gasteiger partial charge in [-0.15, -0.1) is 0 Å². The van der Waals surface area contributed by atoms with Crippen molar-refractivity contribution in [2.45, 2.75) is 24.7 Å². The molecule has 0 atom stereocenters. The largest absolute Gasteiger partial charge is 0.396 e. The van der Waals surface area contributed by atoms with Crippen LogP contribution in [-0.4, -0.2) is 4.98 Å².